The largest absolute Gasteiger partial charge is 0.392 e. The Bertz CT molecular complexity index is 1280. The Kier molecular flexibility index (Phi) is 10.2. The molecule has 2 aliphatic rings. The molecule has 2 heterocycles. The second kappa shape index (κ2) is 13.8. The van der Waals surface area contributed by atoms with E-state index in [1.807, 2.05) is 36.4 Å². The van der Waals surface area contributed by atoms with E-state index in [1.54, 1.807) is 18.2 Å². The number of alkyl halides is 3. The number of hydrogen-bond donors (Lipinski definition) is 2. The number of carbonyl (C=O) groups excluding carboxylic acids is 1. The van der Waals surface area contributed by atoms with Crippen LogP contribution in [0.1, 0.15) is 41.1 Å². The van der Waals surface area contributed by atoms with E-state index < -0.39 is 16.0 Å². The molecule has 2 aliphatic heterocycles. The molecule has 3 aromatic carbocycles. The molecular formula is C31H34Cl3N3O4. The normalized spacial score (nSPS) is 22.4. The molecule has 0 aromatic heterocycles. The fraction of sp³-hybridized carbons (Fsp3) is 0.387. The van der Waals surface area contributed by atoms with Gasteiger partial charge in [0.25, 0.3) is 9.70 Å². The highest BCUT2D eigenvalue weighted by atomic mass is 35.6. The Labute approximate surface area is 255 Å². The molecule has 3 unspecified atom stereocenters. The molecule has 3 aromatic rings. The lowest BCUT2D eigenvalue weighted by Gasteiger charge is -2.41. The van der Waals surface area contributed by atoms with E-state index >= 15 is 0 Å². The highest BCUT2D eigenvalue weighted by Gasteiger charge is 2.34. The molecule has 7 nitrogen and oxygen atoms in total. The van der Waals surface area contributed by atoms with Crippen LogP contribution in [0.4, 0.5) is 5.69 Å². The fourth-order valence-corrected chi connectivity index (χ4v) is 5.40. The second-order valence-corrected chi connectivity index (χ2v) is 12.8. The Morgan fingerprint density at radius 3 is 2.24 bits per heavy atom. The summed E-state index contributed by atoms with van der Waals surface area (Å²) < 4.78 is 10.9. The van der Waals surface area contributed by atoms with Gasteiger partial charge in [-0.3, -0.25) is 14.6 Å². The third-order valence-corrected chi connectivity index (χ3v) is 7.98. The van der Waals surface area contributed by atoms with Crippen molar-refractivity contribution in [3.8, 4) is 0 Å². The Morgan fingerprint density at radius 1 is 0.854 bits per heavy atom. The van der Waals surface area contributed by atoms with Gasteiger partial charge in [0.1, 0.15) is 0 Å². The van der Waals surface area contributed by atoms with Crippen LogP contribution in [0.25, 0.3) is 0 Å². The quantitative estimate of drug-likeness (QED) is 0.309. The molecular weight excluding hydrogens is 585 g/mol. The lowest BCUT2D eigenvalue weighted by molar-refractivity contribution is -0.253. The van der Waals surface area contributed by atoms with E-state index in [1.165, 1.54) is 5.56 Å². The standard InChI is InChI=1S/C31H34Cl3N3O4/c32-31(33,34)30(39)35-26-8-4-7-25(17-26)29-40-27(18-28(41-29)24-11-9-23(21-38)10-12-24)20-37-15-13-36(14-16-37)19-22-5-2-1-3-6-22/h1-12,17,27-29,38H,13-16,18-21H2,(H,35,39). The van der Waals surface area contributed by atoms with E-state index in [-0.39, 0.29) is 18.8 Å². The van der Waals surface area contributed by atoms with Crippen LogP contribution >= 0.6 is 34.8 Å². The lowest BCUT2D eigenvalue weighted by Crippen LogP contribution is -2.49. The van der Waals surface area contributed by atoms with Crippen LogP contribution in [0, 0.1) is 0 Å². The van der Waals surface area contributed by atoms with Crippen LogP contribution in [0.15, 0.2) is 78.9 Å². The van der Waals surface area contributed by atoms with Gasteiger partial charge in [0, 0.05) is 56.9 Å². The number of halogens is 3. The smallest absolute Gasteiger partial charge is 0.276 e. The van der Waals surface area contributed by atoms with E-state index in [0.29, 0.717) is 12.1 Å². The van der Waals surface area contributed by atoms with Gasteiger partial charge in [0.15, 0.2) is 6.29 Å². The van der Waals surface area contributed by atoms with Crippen molar-refractivity contribution in [2.45, 2.75) is 41.9 Å². The van der Waals surface area contributed by atoms with Crippen LogP contribution in [0.2, 0.25) is 0 Å². The van der Waals surface area contributed by atoms with Crippen LogP contribution in [0.5, 0.6) is 0 Å². The topological polar surface area (TPSA) is 74.3 Å². The molecule has 0 radical (unpaired) electrons. The van der Waals surface area contributed by atoms with Crippen molar-refractivity contribution in [3.05, 3.63) is 101 Å². The van der Waals surface area contributed by atoms with Gasteiger partial charge in [-0.2, -0.15) is 0 Å². The number of nitrogens with one attached hydrogen (secondary N) is 1. The average Bonchev–Trinajstić information content (AvgIpc) is 2.98. The molecule has 3 atom stereocenters. The molecule has 1 amide bonds. The van der Waals surface area contributed by atoms with Gasteiger partial charge in [0.2, 0.25) is 0 Å². The van der Waals surface area contributed by atoms with Gasteiger partial charge < -0.3 is 19.9 Å². The van der Waals surface area contributed by atoms with Gasteiger partial charge in [-0.15, -0.1) is 0 Å². The van der Waals surface area contributed by atoms with Crippen molar-refractivity contribution in [2.75, 3.05) is 38.0 Å². The molecule has 0 saturated carbocycles. The van der Waals surface area contributed by atoms with Gasteiger partial charge in [-0.1, -0.05) is 102 Å². The molecule has 2 saturated heterocycles. The molecule has 2 N–H and O–H groups in total. The molecule has 5 rings (SSSR count). The lowest BCUT2D eigenvalue weighted by atomic mass is 9.99. The van der Waals surface area contributed by atoms with Crippen molar-refractivity contribution >= 4 is 46.4 Å². The Hall–Kier alpha value is -2.20. The summed E-state index contributed by atoms with van der Waals surface area (Å²) in [6.45, 7) is 5.66. The van der Waals surface area contributed by atoms with E-state index in [0.717, 1.165) is 56.0 Å². The van der Waals surface area contributed by atoms with Crippen LogP contribution in [-0.4, -0.2) is 63.4 Å². The average molecular weight is 619 g/mol. The minimum absolute atomic E-state index is 0.0108. The molecule has 10 heteroatoms. The number of benzene rings is 3. The van der Waals surface area contributed by atoms with Crippen molar-refractivity contribution < 1.29 is 19.4 Å². The van der Waals surface area contributed by atoms with Crippen LogP contribution in [0.3, 0.4) is 0 Å². The zero-order valence-electron chi connectivity index (χ0n) is 22.6. The summed E-state index contributed by atoms with van der Waals surface area (Å²) in [7, 11) is 0. The summed E-state index contributed by atoms with van der Waals surface area (Å²) in [5.74, 6) is -0.740. The first-order chi connectivity index (χ1) is 19.8. The van der Waals surface area contributed by atoms with Crippen molar-refractivity contribution in [1.29, 1.82) is 0 Å². The SMILES string of the molecule is O=C(Nc1cccc(C2OC(CN3CCN(Cc4ccccc4)CC3)CC(c3ccc(CO)cc3)O2)c1)C(Cl)(Cl)Cl. The number of aliphatic hydroxyl groups excluding tert-OH is 1. The van der Waals surface area contributed by atoms with E-state index in [4.69, 9.17) is 44.3 Å². The second-order valence-electron chi connectivity index (χ2n) is 10.5. The predicted molar refractivity (Wildman–Crippen MR) is 162 cm³/mol. The summed E-state index contributed by atoms with van der Waals surface area (Å²) in [4.78, 5) is 17.2. The maximum atomic E-state index is 12.2. The monoisotopic (exact) mass is 617 g/mol. The zero-order chi connectivity index (χ0) is 28.8. The van der Waals surface area contributed by atoms with Crippen LogP contribution in [-0.2, 0) is 27.4 Å². The number of aliphatic hydroxyl groups is 1. The number of carbonyl (C=O) groups is 1. The summed E-state index contributed by atoms with van der Waals surface area (Å²) in [5, 5.41) is 12.1. The van der Waals surface area contributed by atoms with E-state index in [9.17, 15) is 9.90 Å². The minimum Gasteiger partial charge on any atom is -0.392 e. The zero-order valence-corrected chi connectivity index (χ0v) is 24.9. The van der Waals surface area contributed by atoms with E-state index in [2.05, 4.69) is 39.4 Å². The molecule has 0 aliphatic carbocycles. The third kappa shape index (κ3) is 8.43. The Balaban J connectivity index is 1.28. The number of nitrogens with zero attached hydrogens (tertiary/aromatic N) is 2. The number of anilines is 1. The van der Waals surface area contributed by atoms with Crippen molar-refractivity contribution in [3.63, 3.8) is 0 Å². The first kappa shape index (κ1) is 30.3. The first-order valence-corrected chi connectivity index (χ1v) is 14.9. The van der Waals surface area contributed by atoms with Crippen molar-refractivity contribution in [1.82, 2.24) is 9.80 Å². The molecule has 2 fully saturated rings. The minimum atomic E-state index is -2.07. The number of rotatable bonds is 8. The number of ether oxygens (including phenoxy) is 2. The Morgan fingerprint density at radius 2 is 1.56 bits per heavy atom. The van der Waals surface area contributed by atoms with Gasteiger partial charge >= 0.3 is 0 Å². The third-order valence-electron chi connectivity index (χ3n) is 7.46. The van der Waals surface area contributed by atoms with Gasteiger partial charge in [0.05, 0.1) is 18.8 Å². The maximum Gasteiger partial charge on any atom is 0.276 e. The highest BCUT2D eigenvalue weighted by molar-refractivity contribution is 6.76. The van der Waals surface area contributed by atoms with Gasteiger partial charge in [-0.25, -0.2) is 0 Å². The first-order valence-electron chi connectivity index (χ1n) is 13.7. The highest BCUT2D eigenvalue weighted by Crippen LogP contribution is 2.39. The summed E-state index contributed by atoms with van der Waals surface area (Å²) >= 11 is 17.2. The molecule has 218 valence electrons. The summed E-state index contributed by atoms with van der Waals surface area (Å²) in [5.41, 5.74) is 4.43. The number of hydrogen-bond acceptors (Lipinski definition) is 6. The molecule has 41 heavy (non-hydrogen) atoms. The van der Waals surface area contributed by atoms with Crippen LogP contribution < -0.4 is 5.32 Å². The summed E-state index contributed by atoms with van der Waals surface area (Å²) in [6.07, 6.45) is -0.231. The fourth-order valence-electron chi connectivity index (χ4n) is 5.26. The van der Waals surface area contributed by atoms with Gasteiger partial charge in [-0.05, 0) is 28.8 Å². The molecule has 0 bridgehead atoms. The summed E-state index contributed by atoms with van der Waals surface area (Å²) in [6, 6.07) is 25.6. The predicted octanol–water partition coefficient (Wildman–Crippen LogP) is 5.85. The molecule has 0 spiro atoms. The number of amides is 1. The number of piperazine rings is 1. The van der Waals surface area contributed by atoms with Crippen molar-refractivity contribution in [2.24, 2.45) is 0 Å². The maximum absolute atomic E-state index is 12.2.